The minimum atomic E-state index is -0.805. The van der Waals surface area contributed by atoms with Crippen LogP contribution in [0, 0.1) is 5.41 Å². The van der Waals surface area contributed by atoms with Crippen molar-refractivity contribution in [2.24, 2.45) is 11.1 Å². The van der Waals surface area contributed by atoms with Gasteiger partial charge in [0.25, 0.3) is 0 Å². The molecule has 0 aliphatic heterocycles. The average Bonchev–Trinajstić information content (AvgIpc) is 2.19. The lowest BCUT2D eigenvalue weighted by Crippen LogP contribution is -2.43. The summed E-state index contributed by atoms with van der Waals surface area (Å²) in [5, 5.41) is 11.7. The van der Waals surface area contributed by atoms with Gasteiger partial charge in [-0.15, -0.1) is 0 Å². The summed E-state index contributed by atoms with van der Waals surface area (Å²) in [6.07, 6.45) is 3.35. The summed E-state index contributed by atoms with van der Waals surface area (Å²) in [6.45, 7) is 1.89. The zero-order valence-electron chi connectivity index (χ0n) is 9.66. The van der Waals surface area contributed by atoms with Crippen molar-refractivity contribution in [1.82, 2.24) is 5.32 Å². The molecule has 92 valence electrons. The highest BCUT2D eigenvalue weighted by molar-refractivity contribution is 5.73. The standard InChI is InChI=1S/C11H20N2O3/c1-8(14)13-7-11(6-10(15)16)4-2-9(12)3-5-11/h9H,2-7,12H2,1H3,(H,13,14)(H,15,16). The summed E-state index contributed by atoms with van der Waals surface area (Å²) in [6, 6.07) is 0.180. The van der Waals surface area contributed by atoms with E-state index in [1.807, 2.05) is 0 Å². The average molecular weight is 228 g/mol. The van der Waals surface area contributed by atoms with E-state index in [0.717, 1.165) is 25.7 Å². The summed E-state index contributed by atoms with van der Waals surface area (Å²) >= 11 is 0. The first-order valence-corrected chi connectivity index (χ1v) is 5.65. The zero-order valence-corrected chi connectivity index (χ0v) is 9.66. The second kappa shape index (κ2) is 5.30. The maximum atomic E-state index is 10.9. The Hall–Kier alpha value is -1.10. The smallest absolute Gasteiger partial charge is 0.303 e. The molecule has 5 heteroatoms. The van der Waals surface area contributed by atoms with Crippen molar-refractivity contribution < 1.29 is 14.7 Å². The Morgan fingerprint density at radius 3 is 2.44 bits per heavy atom. The normalized spacial score (nSPS) is 29.8. The molecule has 0 aromatic carbocycles. The molecule has 0 spiro atoms. The van der Waals surface area contributed by atoms with Gasteiger partial charge >= 0.3 is 5.97 Å². The molecule has 0 radical (unpaired) electrons. The van der Waals surface area contributed by atoms with Gasteiger partial charge in [-0.3, -0.25) is 9.59 Å². The molecule has 1 amide bonds. The molecule has 0 atom stereocenters. The molecule has 0 heterocycles. The Labute approximate surface area is 95.4 Å². The third-order valence-corrected chi connectivity index (χ3v) is 3.33. The molecular weight excluding hydrogens is 208 g/mol. The first kappa shape index (κ1) is 13.0. The van der Waals surface area contributed by atoms with Crippen molar-refractivity contribution in [3.8, 4) is 0 Å². The van der Waals surface area contributed by atoms with Gasteiger partial charge in [-0.25, -0.2) is 0 Å². The Bertz CT molecular complexity index is 270. The van der Waals surface area contributed by atoms with Gasteiger partial charge in [0.05, 0.1) is 6.42 Å². The summed E-state index contributed by atoms with van der Waals surface area (Å²) in [4.78, 5) is 21.8. The van der Waals surface area contributed by atoms with Crippen LogP contribution < -0.4 is 11.1 Å². The van der Waals surface area contributed by atoms with Crippen molar-refractivity contribution in [3.05, 3.63) is 0 Å². The van der Waals surface area contributed by atoms with Crippen molar-refractivity contribution in [2.45, 2.75) is 45.1 Å². The van der Waals surface area contributed by atoms with Crippen LogP contribution in [0.2, 0.25) is 0 Å². The van der Waals surface area contributed by atoms with E-state index in [-0.39, 0.29) is 23.8 Å². The number of nitrogens with one attached hydrogen (secondary N) is 1. The third kappa shape index (κ3) is 3.81. The molecule has 1 aliphatic carbocycles. The van der Waals surface area contributed by atoms with E-state index in [1.165, 1.54) is 6.92 Å². The summed E-state index contributed by atoms with van der Waals surface area (Å²) in [5.74, 6) is -0.916. The Kier molecular flexibility index (Phi) is 4.29. The van der Waals surface area contributed by atoms with Crippen molar-refractivity contribution in [1.29, 1.82) is 0 Å². The fourth-order valence-corrected chi connectivity index (χ4v) is 2.30. The number of aliphatic carboxylic acids is 1. The van der Waals surface area contributed by atoms with Crippen LogP contribution in [0.3, 0.4) is 0 Å². The van der Waals surface area contributed by atoms with E-state index >= 15 is 0 Å². The molecule has 0 aromatic rings. The number of nitrogens with two attached hydrogens (primary N) is 1. The van der Waals surface area contributed by atoms with Crippen LogP contribution in [0.25, 0.3) is 0 Å². The number of carboxylic acid groups (broad SMARTS) is 1. The molecule has 0 bridgehead atoms. The molecule has 1 rings (SSSR count). The first-order chi connectivity index (χ1) is 7.43. The molecule has 1 saturated carbocycles. The number of rotatable bonds is 4. The molecule has 0 saturated heterocycles. The summed E-state index contributed by atoms with van der Waals surface area (Å²) in [7, 11) is 0. The van der Waals surface area contributed by atoms with Crippen molar-refractivity contribution >= 4 is 11.9 Å². The first-order valence-electron chi connectivity index (χ1n) is 5.65. The largest absolute Gasteiger partial charge is 0.481 e. The zero-order chi connectivity index (χ0) is 12.2. The van der Waals surface area contributed by atoms with Crippen LogP contribution in [-0.2, 0) is 9.59 Å². The number of carbonyl (C=O) groups excluding carboxylic acids is 1. The van der Waals surface area contributed by atoms with Crippen LogP contribution in [0.4, 0.5) is 0 Å². The van der Waals surface area contributed by atoms with Gasteiger partial charge in [-0.05, 0) is 31.1 Å². The van der Waals surface area contributed by atoms with Crippen LogP contribution >= 0.6 is 0 Å². The van der Waals surface area contributed by atoms with Gasteiger partial charge in [-0.2, -0.15) is 0 Å². The maximum absolute atomic E-state index is 10.9. The van der Waals surface area contributed by atoms with E-state index in [4.69, 9.17) is 10.8 Å². The van der Waals surface area contributed by atoms with Gasteiger partial charge in [0.2, 0.25) is 5.91 Å². The highest BCUT2D eigenvalue weighted by Gasteiger charge is 2.36. The fraction of sp³-hybridized carbons (Fsp3) is 0.818. The van der Waals surface area contributed by atoms with Crippen LogP contribution in [0.5, 0.6) is 0 Å². The lowest BCUT2D eigenvalue weighted by Gasteiger charge is -2.38. The van der Waals surface area contributed by atoms with Crippen LogP contribution in [-0.4, -0.2) is 29.6 Å². The Morgan fingerprint density at radius 2 is 2.00 bits per heavy atom. The van der Waals surface area contributed by atoms with E-state index in [2.05, 4.69) is 5.32 Å². The summed E-state index contributed by atoms with van der Waals surface area (Å²) < 4.78 is 0. The second-order valence-electron chi connectivity index (χ2n) is 4.82. The lowest BCUT2D eigenvalue weighted by atomic mass is 9.70. The van der Waals surface area contributed by atoms with Crippen molar-refractivity contribution in [2.75, 3.05) is 6.54 Å². The topological polar surface area (TPSA) is 92.4 Å². The SMILES string of the molecule is CC(=O)NCC1(CC(=O)O)CCC(N)CC1. The monoisotopic (exact) mass is 228 g/mol. The fourth-order valence-electron chi connectivity index (χ4n) is 2.30. The van der Waals surface area contributed by atoms with E-state index in [0.29, 0.717) is 6.54 Å². The highest BCUT2D eigenvalue weighted by Crippen LogP contribution is 2.38. The second-order valence-corrected chi connectivity index (χ2v) is 4.82. The maximum Gasteiger partial charge on any atom is 0.303 e. The summed E-state index contributed by atoms with van der Waals surface area (Å²) in [5.41, 5.74) is 5.51. The van der Waals surface area contributed by atoms with Gasteiger partial charge in [0.15, 0.2) is 0 Å². The van der Waals surface area contributed by atoms with Crippen LogP contribution in [0.15, 0.2) is 0 Å². The minimum absolute atomic E-state index is 0.111. The third-order valence-electron chi connectivity index (χ3n) is 3.33. The number of amides is 1. The molecular formula is C11H20N2O3. The lowest BCUT2D eigenvalue weighted by molar-refractivity contribution is -0.140. The predicted octanol–water partition coefficient (Wildman–Crippen LogP) is 0.485. The molecule has 16 heavy (non-hydrogen) atoms. The highest BCUT2D eigenvalue weighted by atomic mass is 16.4. The quantitative estimate of drug-likeness (QED) is 0.652. The Morgan fingerprint density at radius 1 is 1.44 bits per heavy atom. The van der Waals surface area contributed by atoms with Crippen molar-refractivity contribution in [3.63, 3.8) is 0 Å². The van der Waals surface area contributed by atoms with Gasteiger partial charge in [0, 0.05) is 19.5 Å². The molecule has 0 unspecified atom stereocenters. The van der Waals surface area contributed by atoms with Gasteiger partial charge in [-0.1, -0.05) is 0 Å². The minimum Gasteiger partial charge on any atom is -0.481 e. The Balaban J connectivity index is 2.61. The number of hydrogen-bond acceptors (Lipinski definition) is 3. The van der Waals surface area contributed by atoms with E-state index in [1.54, 1.807) is 0 Å². The molecule has 5 nitrogen and oxygen atoms in total. The molecule has 1 fully saturated rings. The van der Waals surface area contributed by atoms with E-state index < -0.39 is 5.97 Å². The molecule has 4 N–H and O–H groups in total. The van der Waals surface area contributed by atoms with Crippen LogP contribution in [0.1, 0.15) is 39.0 Å². The molecule has 0 aromatic heterocycles. The predicted molar refractivity (Wildman–Crippen MR) is 59.8 cm³/mol. The van der Waals surface area contributed by atoms with Gasteiger partial charge < -0.3 is 16.2 Å². The molecule has 1 aliphatic rings. The number of carbonyl (C=O) groups is 2. The number of carboxylic acids is 1. The number of hydrogen-bond donors (Lipinski definition) is 3. The van der Waals surface area contributed by atoms with E-state index in [9.17, 15) is 9.59 Å². The van der Waals surface area contributed by atoms with Gasteiger partial charge in [0.1, 0.15) is 0 Å².